The van der Waals surface area contributed by atoms with E-state index in [1.807, 2.05) is 0 Å². The highest BCUT2D eigenvalue weighted by atomic mass is 19.4. The van der Waals surface area contributed by atoms with Crippen LogP contribution < -0.4 is 5.32 Å². The molecule has 0 aliphatic rings. The van der Waals surface area contributed by atoms with E-state index in [2.05, 4.69) is 0 Å². The normalized spacial score (nSPS) is 12.4. The Kier molecular flexibility index (Phi) is 3.50. The van der Waals surface area contributed by atoms with Crippen LogP contribution in [0.1, 0.15) is 20.3 Å². The van der Waals surface area contributed by atoms with Crippen molar-refractivity contribution in [3.8, 4) is 0 Å². The highest BCUT2D eigenvalue weighted by Crippen LogP contribution is 2.19. The third kappa shape index (κ3) is 4.68. The molecule has 0 saturated heterocycles. The Labute approximate surface area is 78.1 Å². The van der Waals surface area contributed by atoms with E-state index >= 15 is 0 Å². The van der Waals surface area contributed by atoms with Crippen LogP contribution in [0.25, 0.3) is 0 Å². The molecule has 0 heterocycles. The molecule has 0 rings (SSSR count). The van der Waals surface area contributed by atoms with Gasteiger partial charge >= 0.3 is 12.1 Å². The zero-order valence-electron chi connectivity index (χ0n) is 7.60. The Morgan fingerprint density at radius 2 is 1.71 bits per heavy atom. The molecule has 0 fully saturated rings. The van der Waals surface area contributed by atoms with Crippen molar-refractivity contribution in [2.24, 2.45) is 0 Å². The minimum Gasteiger partial charge on any atom is -0.480 e. The Morgan fingerprint density at radius 1 is 1.29 bits per heavy atom. The molecule has 0 atom stereocenters. The Balaban J connectivity index is 4.27. The lowest BCUT2D eigenvalue weighted by molar-refractivity contribution is -0.158. The summed E-state index contributed by atoms with van der Waals surface area (Å²) in [7, 11) is 0. The van der Waals surface area contributed by atoms with E-state index in [4.69, 9.17) is 5.11 Å². The summed E-state index contributed by atoms with van der Waals surface area (Å²) < 4.78 is 35.0. The molecule has 0 aliphatic carbocycles. The van der Waals surface area contributed by atoms with Crippen LogP contribution in [0, 0.1) is 0 Å². The third-order valence-electron chi connectivity index (χ3n) is 1.35. The van der Waals surface area contributed by atoms with Gasteiger partial charge in [0.1, 0.15) is 12.0 Å². The van der Waals surface area contributed by atoms with Crippen LogP contribution in [0.4, 0.5) is 13.2 Å². The summed E-state index contributed by atoms with van der Waals surface area (Å²) in [5.41, 5.74) is -1.69. The van der Waals surface area contributed by atoms with Crippen LogP contribution in [-0.2, 0) is 9.59 Å². The quantitative estimate of drug-likeness (QED) is 0.732. The molecule has 0 aliphatic heterocycles. The van der Waals surface area contributed by atoms with Crippen molar-refractivity contribution >= 4 is 11.9 Å². The average molecular weight is 213 g/mol. The summed E-state index contributed by atoms with van der Waals surface area (Å²) in [6.45, 7) is 2.20. The molecule has 1 amide bonds. The van der Waals surface area contributed by atoms with E-state index in [1.54, 1.807) is 5.32 Å². The van der Waals surface area contributed by atoms with E-state index < -0.39 is 30.0 Å². The molecule has 0 saturated carbocycles. The summed E-state index contributed by atoms with van der Waals surface area (Å²) in [6, 6.07) is 0. The van der Waals surface area contributed by atoms with Gasteiger partial charge in [-0.3, -0.25) is 4.79 Å². The van der Waals surface area contributed by atoms with E-state index in [0.717, 1.165) is 13.8 Å². The number of carbonyl (C=O) groups is 2. The van der Waals surface area contributed by atoms with Crippen LogP contribution in [0.2, 0.25) is 0 Å². The number of carbonyl (C=O) groups excluding carboxylic acids is 1. The molecule has 82 valence electrons. The van der Waals surface area contributed by atoms with Gasteiger partial charge in [0.15, 0.2) is 0 Å². The highest BCUT2D eigenvalue weighted by Gasteiger charge is 2.35. The first-order valence-electron chi connectivity index (χ1n) is 3.66. The second-order valence-electron chi connectivity index (χ2n) is 3.27. The standard InChI is InChI=1S/C7H10F3NO3/c1-6(2,5(13)14)11-4(12)3-7(8,9)10/h3H2,1-2H3,(H,11,12)(H,13,14). The smallest absolute Gasteiger partial charge is 0.397 e. The first-order chi connectivity index (χ1) is 6.04. The second kappa shape index (κ2) is 3.85. The van der Waals surface area contributed by atoms with Crippen molar-refractivity contribution < 1.29 is 27.9 Å². The Bertz CT molecular complexity index is 247. The van der Waals surface area contributed by atoms with Crippen LogP contribution in [-0.4, -0.2) is 28.7 Å². The predicted octanol–water partition coefficient (Wildman–Crippen LogP) is 0.918. The maximum Gasteiger partial charge on any atom is 0.397 e. The van der Waals surface area contributed by atoms with Crippen molar-refractivity contribution in [1.29, 1.82) is 0 Å². The fraction of sp³-hybridized carbons (Fsp3) is 0.714. The van der Waals surface area contributed by atoms with Crippen LogP contribution in [0.5, 0.6) is 0 Å². The topological polar surface area (TPSA) is 66.4 Å². The molecular weight excluding hydrogens is 203 g/mol. The summed E-state index contributed by atoms with van der Waals surface area (Å²) in [6.07, 6.45) is -6.30. The zero-order chi connectivity index (χ0) is 11.6. The number of rotatable bonds is 3. The van der Waals surface area contributed by atoms with Crippen molar-refractivity contribution in [3.05, 3.63) is 0 Å². The van der Waals surface area contributed by atoms with Crippen molar-refractivity contribution in [1.82, 2.24) is 5.32 Å². The van der Waals surface area contributed by atoms with Gasteiger partial charge in [0.2, 0.25) is 5.91 Å². The van der Waals surface area contributed by atoms with Crippen LogP contribution in [0.15, 0.2) is 0 Å². The molecule has 14 heavy (non-hydrogen) atoms. The summed E-state index contributed by atoms with van der Waals surface area (Å²) in [4.78, 5) is 21.1. The van der Waals surface area contributed by atoms with Crippen LogP contribution >= 0.6 is 0 Å². The monoisotopic (exact) mass is 213 g/mol. The maximum absolute atomic E-state index is 11.7. The predicted molar refractivity (Wildman–Crippen MR) is 40.5 cm³/mol. The first-order valence-corrected chi connectivity index (χ1v) is 3.66. The van der Waals surface area contributed by atoms with Gasteiger partial charge in [0, 0.05) is 0 Å². The van der Waals surface area contributed by atoms with E-state index in [1.165, 1.54) is 0 Å². The van der Waals surface area contributed by atoms with Crippen molar-refractivity contribution in [2.75, 3.05) is 0 Å². The number of aliphatic carboxylic acids is 1. The largest absolute Gasteiger partial charge is 0.480 e. The molecule has 7 heteroatoms. The Morgan fingerprint density at radius 3 is 2.00 bits per heavy atom. The number of carboxylic acid groups (broad SMARTS) is 1. The summed E-state index contributed by atoms with van der Waals surface area (Å²) in [5, 5.41) is 10.2. The zero-order valence-corrected chi connectivity index (χ0v) is 7.60. The lowest BCUT2D eigenvalue weighted by Gasteiger charge is -2.21. The molecule has 4 nitrogen and oxygen atoms in total. The van der Waals surface area contributed by atoms with Gasteiger partial charge in [-0.2, -0.15) is 13.2 Å². The lowest BCUT2D eigenvalue weighted by atomic mass is 10.1. The highest BCUT2D eigenvalue weighted by molar-refractivity contribution is 5.86. The van der Waals surface area contributed by atoms with E-state index in [-0.39, 0.29) is 0 Å². The molecule has 0 bridgehead atoms. The fourth-order valence-corrected chi connectivity index (χ4v) is 0.628. The average Bonchev–Trinajstić information content (AvgIpc) is 1.79. The molecule has 0 aromatic carbocycles. The number of hydrogen-bond donors (Lipinski definition) is 2. The van der Waals surface area contributed by atoms with Gasteiger partial charge in [-0.1, -0.05) is 0 Å². The van der Waals surface area contributed by atoms with Gasteiger partial charge in [-0.15, -0.1) is 0 Å². The first kappa shape index (κ1) is 12.7. The Hall–Kier alpha value is -1.27. The molecule has 0 aromatic heterocycles. The summed E-state index contributed by atoms with van der Waals surface area (Å²) in [5.74, 6) is -2.75. The molecule has 0 unspecified atom stereocenters. The van der Waals surface area contributed by atoms with Gasteiger partial charge in [-0.25, -0.2) is 4.79 Å². The fourth-order valence-electron chi connectivity index (χ4n) is 0.628. The maximum atomic E-state index is 11.7. The molecule has 0 spiro atoms. The SMILES string of the molecule is CC(C)(NC(=O)CC(F)(F)F)C(=O)O. The lowest BCUT2D eigenvalue weighted by Crippen LogP contribution is -2.50. The number of amides is 1. The second-order valence-corrected chi connectivity index (χ2v) is 3.27. The van der Waals surface area contributed by atoms with Crippen molar-refractivity contribution in [2.45, 2.75) is 32.0 Å². The third-order valence-corrected chi connectivity index (χ3v) is 1.35. The minimum atomic E-state index is -4.63. The number of carboxylic acids is 1. The van der Waals surface area contributed by atoms with E-state index in [9.17, 15) is 22.8 Å². The number of nitrogens with one attached hydrogen (secondary N) is 1. The summed E-state index contributed by atoms with van der Waals surface area (Å²) >= 11 is 0. The van der Waals surface area contributed by atoms with Crippen LogP contribution in [0.3, 0.4) is 0 Å². The van der Waals surface area contributed by atoms with Gasteiger partial charge in [-0.05, 0) is 13.8 Å². The number of alkyl halides is 3. The van der Waals surface area contributed by atoms with Gasteiger partial charge in [0.25, 0.3) is 0 Å². The molecule has 2 N–H and O–H groups in total. The van der Waals surface area contributed by atoms with E-state index in [0.29, 0.717) is 0 Å². The number of halogens is 3. The molecule has 0 radical (unpaired) electrons. The van der Waals surface area contributed by atoms with Gasteiger partial charge < -0.3 is 10.4 Å². The minimum absolute atomic E-state index is 1.10. The number of hydrogen-bond acceptors (Lipinski definition) is 2. The van der Waals surface area contributed by atoms with Crippen molar-refractivity contribution in [3.63, 3.8) is 0 Å². The van der Waals surface area contributed by atoms with Gasteiger partial charge in [0.05, 0.1) is 0 Å². The molecule has 0 aromatic rings. The molecular formula is C7H10F3NO3.